The summed E-state index contributed by atoms with van der Waals surface area (Å²) in [6, 6.07) is 9.89. The van der Waals surface area contributed by atoms with E-state index in [1.807, 2.05) is 44.2 Å². The quantitative estimate of drug-likeness (QED) is 0.439. The van der Waals surface area contributed by atoms with Crippen molar-refractivity contribution in [1.29, 1.82) is 0 Å². The highest BCUT2D eigenvalue weighted by Crippen LogP contribution is 2.23. The molecular weight excluding hydrogens is 226 g/mol. The SMILES string of the molecule is CCCCOC(=O)C=NC(C)(C)c1ccccc1. The molecule has 0 aliphatic heterocycles. The number of rotatable bonds is 6. The number of hydrogen-bond acceptors (Lipinski definition) is 3. The number of hydrogen-bond donors (Lipinski definition) is 0. The summed E-state index contributed by atoms with van der Waals surface area (Å²) in [7, 11) is 0. The Morgan fingerprint density at radius 2 is 2.00 bits per heavy atom. The fourth-order valence-electron chi connectivity index (χ4n) is 1.49. The first-order valence-corrected chi connectivity index (χ1v) is 6.34. The van der Waals surface area contributed by atoms with Gasteiger partial charge in [0.1, 0.15) is 6.21 Å². The van der Waals surface area contributed by atoms with Gasteiger partial charge in [-0.15, -0.1) is 0 Å². The van der Waals surface area contributed by atoms with Gasteiger partial charge in [0.15, 0.2) is 0 Å². The van der Waals surface area contributed by atoms with Crippen LogP contribution in [0, 0.1) is 0 Å². The van der Waals surface area contributed by atoms with Gasteiger partial charge in [-0.2, -0.15) is 0 Å². The van der Waals surface area contributed by atoms with Crippen molar-refractivity contribution in [3.63, 3.8) is 0 Å². The van der Waals surface area contributed by atoms with E-state index in [0.717, 1.165) is 18.4 Å². The van der Waals surface area contributed by atoms with Crippen molar-refractivity contribution in [2.75, 3.05) is 6.61 Å². The highest BCUT2D eigenvalue weighted by atomic mass is 16.5. The molecule has 0 aromatic heterocycles. The first-order chi connectivity index (χ1) is 8.56. The van der Waals surface area contributed by atoms with Gasteiger partial charge in [-0.3, -0.25) is 4.99 Å². The van der Waals surface area contributed by atoms with E-state index in [1.54, 1.807) is 0 Å². The summed E-state index contributed by atoms with van der Waals surface area (Å²) in [5, 5.41) is 0. The van der Waals surface area contributed by atoms with Crippen molar-refractivity contribution >= 4 is 12.2 Å². The third-order valence-electron chi connectivity index (χ3n) is 2.72. The number of aliphatic imine (C=N–C) groups is 1. The fraction of sp³-hybridized carbons (Fsp3) is 0.467. The lowest BCUT2D eigenvalue weighted by atomic mass is 9.95. The average molecular weight is 247 g/mol. The Balaban J connectivity index is 2.57. The third-order valence-corrected chi connectivity index (χ3v) is 2.72. The number of esters is 1. The van der Waals surface area contributed by atoms with Crippen LogP contribution in [0.4, 0.5) is 0 Å². The first-order valence-electron chi connectivity index (χ1n) is 6.34. The number of nitrogens with zero attached hydrogens (tertiary/aromatic N) is 1. The topological polar surface area (TPSA) is 38.7 Å². The van der Waals surface area contributed by atoms with Crippen LogP contribution in [-0.4, -0.2) is 18.8 Å². The van der Waals surface area contributed by atoms with Gasteiger partial charge in [0, 0.05) is 0 Å². The van der Waals surface area contributed by atoms with E-state index in [4.69, 9.17) is 4.74 Å². The molecular formula is C15H21NO2. The zero-order valence-corrected chi connectivity index (χ0v) is 11.3. The number of ether oxygens (including phenoxy) is 1. The first kappa shape index (κ1) is 14.4. The monoisotopic (exact) mass is 247 g/mol. The molecule has 0 amide bonds. The van der Waals surface area contributed by atoms with E-state index < -0.39 is 5.54 Å². The second kappa shape index (κ2) is 6.94. The predicted molar refractivity (Wildman–Crippen MR) is 73.8 cm³/mol. The van der Waals surface area contributed by atoms with E-state index in [-0.39, 0.29) is 5.97 Å². The normalized spacial score (nSPS) is 11.7. The molecule has 0 unspecified atom stereocenters. The van der Waals surface area contributed by atoms with Crippen LogP contribution in [0.1, 0.15) is 39.2 Å². The molecule has 0 aliphatic carbocycles. The molecule has 18 heavy (non-hydrogen) atoms. The maximum atomic E-state index is 11.4. The number of carbonyl (C=O) groups excluding carboxylic acids is 1. The molecule has 0 aliphatic rings. The molecule has 0 radical (unpaired) electrons. The van der Waals surface area contributed by atoms with Gasteiger partial charge in [-0.1, -0.05) is 43.7 Å². The number of benzene rings is 1. The molecule has 0 fully saturated rings. The maximum absolute atomic E-state index is 11.4. The molecule has 3 nitrogen and oxygen atoms in total. The van der Waals surface area contributed by atoms with Gasteiger partial charge in [-0.05, 0) is 25.8 Å². The lowest BCUT2D eigenvalue weighted by Gasteiger charge is -2.19. The molecule has 0 saturated carbocycles. The van der Waals surface area contributed by atoms with Gasteiger partial charge in [0.25, 0.3) is 0 Å². The smallest absolute Gasteiger partial charge is 0.348 e. The molecule has 1 aromatic carbocycles. The number of carbonyl (C=O) groups is 1. The third kappa shape index (κ3) is 4.70. The summed E-state index contributed by atoms with van der Waals surface area (Å²) in [6.45, 7) is 6.46. The minimum absolute atomic E-state index is 0.368. The Morgan fingerprint density at radius 1 is 1.33 bits per heavy atom. The van der Waals surface area contributed by atoms with Crippen molar-refractivity contribution in [2.24, 2.45) is 4.99 Å². The van der Waals surface area contributed by atoms with Crippen molar-refractivity contribution in [1.82, 2.24) is 0 Å². The van der Waals surface area contributed by atoms with Gasteiger partial charge >= 0.3 is 5.97 Å². The molecule has 0 saturated heterocycles. The lowest BCUT2D eigenvalue weighted by molar-refractivity contribution is -0.135. The van der Waals surface area contributed by atoms with Crippen LogP contribution in [0.2, 0.25) is 0 Å². The molecule has 0 bridgehead atoms. The van der Waals surface area contributed by atoms with Crippen molar-refractivity contribution in [3.05, 3.63) is 35.9 Å². The highest BCUT2D eigenvalue weighted by Gasteiger charge is 2.18. The van der Waals surface area contributed by atoms with E-state index in [2.05, 4.69) is 11.9 Å². The molecule has 1 aromatic rings. The van der Waals surface area contributed by atoms with Crippen molar-refractivity contribution in [2.45, 2.75) is 39.2 Å². The summed E-state index contributed by atoms with van der Waals surface area (Å²) >= 11 is 0. The van der Waals surface area contributed by atoms with Crippen LogP contribution in [-0.2, 0) is 15.1 Å². The molecule has 0 spiro atoms. The van der Waals surface area contributed by atoms with Gasteiger partial charge in [0.2, 0.25) is 0 Å². The molecule has 0 N–H and O–H groups in total. The van der Waals surface area contributed by atoms with Gasteiger partial charge in [-0.25, -0.2) is 4.79 Å². The zero-order chi connectivity index (χ0) is 13.4. The Morgan fingerprint density at radius 3 is 2.61 bits per heavy atom. The largest absolute Gasteiger partial charge is 0.461 e. The standard InChI is InChI=1S/C15H21NO2/c1-4-5-11-18-14(17)12-16-15(2,3)13-9-7-6-8-10-13/h6-10,12H,4-5,11H2,1-3H3. The molecule has 1 rings (SSSR count). The maximum Gasteiger partial charge on any atom is 0.348 e. The summed E-state index contributed by atoms with van der Waals surface area (Å²) in [6.07, 6.45) is 3.18. The molecule has 0 atom stereocenters. The van der Waals surface area contributed by atoms with E-state index in [0.29, 0.717) is 6.61 Å². The molecule has 3 heteroatoms. The number of unbranched alkanes of at least 4 members (excludes halogenated alkanes) is 1. The Bertz CT molecular complexity index is 396. The summed E-state index contributed by atoms with van der Waals surface area (Å²) < 4.78 is 5.03. The molecule has 98 valence electrons. The van der Waals surface area contributed by atoms with Crippen LogP contribution in [0.25, 0.3) is 0 Å². The van der Waals surface area contributed by atoms with Crippen LogP contribution < -0.4 is 0 Å². The summed E-state index contributed by atoms with van der Waals surface area (Å²) in [4.78, 5) is 15.7. The lowest BCUT2D eigenvalue weighted by Crippen LogP contribution is -2.16. The Labute approximate surface area is 109 Å². The summed E-state index contributed by atoms with van der Waals surface area (Å²) in [5.41, 5.74) is 0.660. The van der Waals surface area contributed by atoms with Crippen LogP contribution in [0.15, 0.2) is 35.3 Å². The van der Waals surface area contributed by atoms with Gasteiger partial charge in [0.05, 0.1) is 12.1 Å². The Hall–Kier alpha value is -1.64. The highest BCUT2D eigenvalue weighted by molar-refractivity contribution is 6.23. The van der Waals surface area contributed by atoms with E-state index in [1.165, 1.54) is 6.21 Å². The van der Waals surface area contributed by atoms with Crippen LogP contribution >= 0.6 is 0 Å². The van der Waals surface area contributed by atoms with E-state index in [9.17, 15) is 4.79 Å². The molecule has 0 heterocycles. The van der Waals surface area contributed by atoms with E-state index >= 15 is 0 Å². The fourth-order valence-corrected chi connectivity index (χ4v) is 1.49. The second-order valence-corrected chi connectivity index (χ2v) is 4.70. The summed E-state index contributed by atoms with van der Waals surface area (Å²) in [5.74, 6) is -0.368. The minimum Gasteiger partial charge on any atom is -0.461 e. The minimum atomic E-state index is -0.412. The average Bonchev–Trinajstić information content (AvgIpc) is 2.38. The van der Waals surface area contributed by atoms with Gasteiger partial charge < -0.3 is 4.74 Å². The van der Waals surface area contributed by atoms with Crippen molar-refractivity contribution < 1.29 is 9.53 Å². The van der Waals surface area contributed by atoms with Crippen LogP contribution in [0.3, 0.4) is 0 Å². The van der Waals surface area contributed by atoms with Crippen LogP contribution in [0.5, 0.6) is 0 Å². The Kier molecular flexibility index (Phi) is 5.56. The predicted octanol–water partition coefficient (Wildman–Crippen LogP) is 3.34. The van der Waals surface area contributed by atoms with Crippen molar-refractivity contribution in [3.8, 4) is 0 Å². The zero-order valence-electron chi connectivity index (χ0n) is 11.3. The second-order valence-electron chi connectivity index (χ2n) is 4.70.